The Morgan fingerprint density at radius 1 is 1.14 bits per heavy atom. The van der Waals surface area contributed by atoms with E-state index in [1.807, 2.05) is 30.3 Å². The average Bonchev–Trinajstić information content (AvgIpc) is 2.74. The smallest absolute Gasteiger partial charge is 0.255 e. The van der Waals surface area contributed by atoms with E-state index in [-0.39, 0.29) is 5.56 Å². The van der Waals surface area contributed by atoms with Crippen LogP contribution >= 0.6 is 0 Å². The topological polar surface area (TPSA) is 80.3 Å². The third kappa shape index (κ3) is 3.48. The second-order valence-electron chi connectivity index (χ2n) is 6.69. The number of rotatable bonds is 5. The molecule has 0 aliphatic carbocycles. The van der Waals surface area contributed by atoms with Crippen LogP contribution in [0.15, 0.2) is 47.5 Å². The number of aromatic amines is 1. The number of para-hydroxylation sites is 1. The number of nitrogens with zero attached hydrogens (tertiary/aromatic N) is 3. The zero-order valence-electron chi connectivity index (χ0n) is 15.9. The van der Waals surface area contributed by atoms with Gasteiger partial charge in [0.05, 0.1) is 25.5 Å². The quantitative estimate of drug-likeness (QED) is 0.734. The van der Waals surface area contributed by atoms with Gasteiger partial charge in [-0.25, -0.2) is 4.98 Å². The van der Waals surface area contributed by atoms with Gasteiger partial charge in [-0.15, -0.1) is 0 Å². The van der Waals surface area contributed by atoms with E-state index in [2.05, 4.69) is 14.9 Å². The molecule has 3 aromatic rings. The standard InChI is InChI=1S/C21H22N4O3/c1-27-18-5-3-4-15(19(18)28-2)12-25-11-8-17-16(13-25)21(26)24-20(23-17)14-6-9-22-10-7-14/h3-7,9-10H,8,11-13H2,1-2H3,(H,23,24,26). The van der Waals surface area contributed by atoms with Crippen molar-refractivity contribution < 1.29 is 9.47 Å². The summed E-state index contributed by atoms with van der Waals surface area (Å²) >= 11 is 0. The number of benzene rings is 1. The molecule has 4 rings (SSSR count). The molecule has 0 saturated carbocycles. The first-order chi connectivity index (χ1) is 13.7. The van der Waals surface area contributed by atoms with Gasteiger partial charge in [-0.1, -0.05) is 12.1 Å². The van der Waals surface area contributed by atoms with Crippen LogP contribution in [0.1, 0.15) is 16.8 Å². The van der Waals surface area contributed by atoms with E-state index >= 15 is 0 Å². The van der Waals surface area contributed by atoms with Gasteiger partial charge in [-0.2, -0.15) is 0 Å². The van der Waals surface area contributed by atoms with Crippen LogP contribution in [0.2, 0.25) is 0 Å². The number of nitrogens with one attached hydrogen (secondary N) is 1. The number of H-pyrrole nitrogens is 1. The van der Waals surface area contributed by atoms with Crippen LogP contribution < -0.4 is 15.0 Å². The molecular weight excluding hydrogens is 356 g/mol. The average molecular weight is 378 g/mol. The number of aromatic nitrogens is 3. The molecule has 1 N–H and O–H groups in total. The zero-order chi connectivity index (χ0) is 19.5. The van der Waals surface area contributed by atoms with E-state index in [9.17, 15) is 4.79 Å². The van der Waals surface area contributed by atoms with Crippen LogP contribution in [-0.2, 0) is 19.5 Å². The lowest BCUT2D eigenvalue weighted by molar-refractivity contribution is 0.237. The van der Waals surface area contributed by atoms with Crippen LogP contribution in [0.4, 0.5) is 0 Å². The molecule has 0 saturated heterocycles. The number of hydrogen-bond donors (Lipinski definition) is 1. The maximum absolute atomic E-state index is 12.7. The van der Waals surface area contributed by atoms with Crippen molar-refractivity contribution in [2.24, 2.45) is 0 Å². The Bertz CT molecular complexity index is 1030. The molecule has 0 bridgehead atoms. The van der Waals surface area contributed by atoms with Crippen molar-refractivity contribution in [3.05, 3.63) is 69.9 Å². The number of methoxy groups -OCH3 is 2. The predicted molar refractivity (Wildman–Crippen MR) is 105 cm³/mol. The Balaban J connectivity index is 1.59. The molecule has 1 aliphatic heterocycles. The van der Waals surface area contributed by atoms with Gasteiger partial charge >= 0.3 is 0 Å². The minimum atomic E-state index is -0.0841. The molecule has 0 spiro atoms. The molecule has 0 radical (unpaired) electrons. The van der Waals surface area contributed by atoms with Crippen LogP contribution in [0.5, 0.6) is 11.5 Å². The molecular formula is C21H22N4O3. The normalized spacial score (nSPS) is 13.8. The van der Waals surface area contributed by atoms with E-state index in [1.54, 1.807) is 26.6 Å². The largest absolute Gasteiger partial charge is 0.493 e. The second kappa shape index (κ2) is 7.82. The lowest BCUT2D eigenvalue weighted by atomic mass is 10.0. The highest BCUT2D eigenvalue weighted by atomic mass is 16.5. The van der Waals surface area contributed by atoms with Crippen molar-refractivity contribution >= 4 is 0 Å². The minimum Gasteiger partial charge on any atom is -0.493 e. The molecule has 1 aromatic carbocycles. The summed E-state index contributed by atoms with van der Waals surface area (Å²) in [6.45, 7) is 2.04. The molecule has 3 heterocycles. The summed E-state index contributed by atoms with van der Waals surface area (Å²) in [5.74, 6) is 2.03. The maximum atomic E-state index is 12.7. The Morgan fingerprint density at radius 2 is 1.96 bits per heavy atom. The number of ether oxygens (including phenoxy) is 2. The maximum Gasteiger partial charge on any atom is 0.255 e. The van der Waals surface area contributed by atoms with Crippen molar-refractivity contribution in [1.29, 1.82) is 0 Å². The van der Waals surface area contributed by atoms with E-state index in [1.165, 1.54) is 0 Å². The molecule has 0 atom stereocenters. The predicted octanol–water partition coefficient (Wildman–Crippen LogP) is 2.41. The molecule has 0 unspecified atom stereocenters. The molecule has 2 aromatic heterocycles. The Labute approximate surface area is 163 Å². The van der Waals surface area contributed by atoms with Gasteiger partial charge < -0.3 is 14.5 Å². The zero-order valence-corrected chi connectivity index (χ0v) is 15.9. The Morgan fingerprint density at radius 3 is 2.71 bits per heavy atom. The Hall–Kier alpha value is -3.19. The van der Waals surface area contributed by atoms with E-state index < -0.39 is 0 Å². The molecule has 7 nitrogen and oxygen atoms in total. The summed E-state index contributed by atoms with van der Waals surface area (Å²) in [6, 6.07) is 9.53. The number of fused-ring (bicyclic) bond motifs is 1. The van der Waals surface area contributed by atoms with Crippen molar-refractivity contribution in [3.63, 3.8) is 0 Å². The molecule has 0 amide bonds. The van der Waals surface area contributed by atoms with Crippen LogP contribution in [-0.4, -0.2) is 40.6 Å². The number of hydrogen-bond acceptors (Lipinski definition) is 6. The number of pyridine rings is 1. The second-order valence-corrected chi connectivity index (χ2v) is 6.69. The highest BCUT2D eigenvalue weighted by molar-refractivity contribution is 5.54. The first kappa shape index (κ1) is 18.2. The summed E-state index contributed by atoms with van der Waals surface area (Å²) in [6.07, 6.45) is 4.11. The molecule has 0 fully saturated rings. The molecule has 1 aliphatic rings. The SMILES string of the molecule is COc1cccc(CN2CCc3nc(-c4ccncc4)[nH]c(=O)c3C2)c1OC. The molecule has 7 heteroatoms. The monoisotopic (exact) mass is 378 g/mol. The highest BCUT2D eigenvalue weighted by Crippen LogP contribution is 2.32. The third-order valence-corrected chi connectivity index (χ3v) is 4.98. The third-order valence-electron chi connectivity index (χ3n) is 4.98. The van der Waals surface area contributed by atoms with Gasteiger partial charge in [0, 0.05) is 49.6 Å². The van der Waals surface area contributed by atoms with Crippen LogP contribution in [0.3, 0.4) is 0 Å². The summed E-state index contributed by atoms with van der Waals surface area (Å²) < 4.78 is 10.9. The van der Waals surface area contributed by atoms with Crippen molar-refractivity contribution in [1.82, 2.24) is 19.9 Å². The van der Waals surface area contributed by atoms with Gasteiger partial charge in [-0.05, 0) is 18.2 Å². The van der Waals surface area contributed by atoms with E-state index in [0.717, 1.165) is 41.1 Å². The fourth-order valence-corrected chi connectivity index (χ4v) is 3.58. The molecule has 144 valence electrons. The minimum absolute atomic E-state index is 0.0841. The van der Waals surface area contributed by atoms with Gasteiger partial charge in [0.15, 0.2) is 11.5 Å². The van der Waals surface area contributed by atoms with Crippen molar-refractivity contribution in [2.45, 2.75) is 19.5 Å². The van der Waals surface area contributed by atoms with Crippen molar-refractivity contribution in [3.8, 4) is 22.9 Å². The van der Waals surface area contributed by atoms with Gasteiger partial charge in [0.2, 0.25) is 0 Å². The summed E-state index contributed by atoms with van der Waals surface area (Å²) in [5, 5.41) is 0. The van der Waals surface area contributed by atoms with Gasteiger partial charge in [-0.3, -0.25) is 14.7 Å². The van der Waals surface area contributed by atoms with Gasteiger partial charge in [0.25, 0.3) is 5.56 Å². The summed E-state index contributed by atoms with van der Waals surface area (Å²) in [7, 11) is 3.27. The van der Waals surface area contributed by atoms with Crippen molar-refractivity contribution in [2.75, 3.05) is 20.8 Å². The van der Waals surface area contributed by atoms with Crippen LogP contribution in [0.25, 0.3) is 11.4 Å². The first-order valence-corrected chi connectivity index (χ1v) is 9.14. The highest BCUT2D eigenvalue weighted by Gasteiger charge is 2.23. The summed E-state index contributed by atoms with van der Waals surface area (Å²) in [4.78, 5) is 26.5. The molecule has 28 heavy (non-hydrogen) atoms. The van der Waals surface area contributed by atoms with Crippen LogP contribution in [0, 0.1) is 0 Å². The summed E-state index contributed by atoms with van der Waals surface area (Å²) in [5.41, 5.74) is 3.40. The lowest BCUT2D eigenvalue weighted by Crippen LogP contribution is -2.35. The lowest BCUT2D eigenvalue weighted by Gasteiger charge is -2.28. The Kier molecular flexibility index (Phi) is 5.08. The fraction of sp³-hybridized carbons (Fsp3) is 0.286. The van der Waals surface area contributed by atoms with E-state index in [4.69, 9.17) is 14.5 Å². The van der Waals surface area contributed by atoms with E-state index in [0.29, 0.717) is 24.7 Å². The first-order valence-electron chi connectivity index (χ1n) is 9.14. The van der Waals surface area contributed by atoms with Gasteiger partial charge in [0.1, 0.15) is 5.82 Å². The fourth-order valence-electron chi connectivity index (χ4n) is 3.58.